The summed E-state index contributed by atoms with van der Waals surface area (Å²) in [7, 11) is 0. The Morgan fingerprint density at radius 1 is 1.37 bits per heavy atom. The molecule has 0 radical (unpaired) electrons. The highest BCUT2D eigenvalue weighted by molar-refractivity contribution is 7.18. The molecule has 0 spiro atoms. The quantitative estimate of drug-likeness (QED) is 0.938. The molecule has 0 bridgehead atoms. The molecule has 19 heavy (non-hydrogen) atoms. The van der Waals surface area contributed by atoms with Crippen LogP contribution in [0.25, 0.3) is 10.2 Å². The van der Waals surface area contributed by atoms with E-state index in [1.54, 1.807) is 6.07 Å². The number of hydrogen-bond donors (Lipinski definition) is 1. The Labute approximate surface area is 111 Å². The van der Waals surface area contributed by atoms with Crippen molar-refractivity contribution in [2.24, 2.45) is 0 Å². The molecular formula is C11H12F3N3OS. The molecular weight excluding hydrogens is 279 g/mol. The van der Waals surface area contributed by atoms with Crippen LogP contribution in [0.1, 0.15) is 11.8 Å². The molecule has 0 aliphatic heterocycles. The summed E-state index contributed by atoms with van der Waals surface area (Å²) >= 11 is 1.39. The Kier molecular flexibility index (Phi) is 3.79. The van der Waals surface area contributed by atoms with Crippen molar-refractivity contribution >= 4 is 27.5 Å². The number of halogens is 3. The maximum absolute atomic E-state index is 12.2. The van der Waals surface area contributed by atoms with Gasteiger partial charge in [0.05, 0.1) is 5.39 Å². The lowest BCUT2D eigenvalue weighted by Gasteiger charge is -2.10. The van der Waals surface area contributed by atoms with Gasteiger partial charge < -0.3 is 10.1 Å². The van der Waals surface area contributed by atoms with Crippen LogP contribution in [0.2, 0.25) is 0 Å². The number of thiophene rings is 1. The first-order valence-corrected chi connectivity index (χ1v) is 6.42. The molecule has 2 rings (SSSR count). The van der Waals surface area contributed by atoms with Crippen LogP contribution < -0.4 is 10.1 Å². The third-order valence-corrected chi connectivity index (χ3v) is 3.13. The van der Waals surface area contributed by atoms with Crippen molar-refractivity contribution < 1.29 is 17.9 Å². The molecule has 2 heterocycles. The van der Waals surface area contributed by atoms with E-state index in [0.717, 1.165) is 4.88 Å². The number of nitrogens with zero attached hydrogens (tertiary/aromatic N) is 2. The van der Waals surface area contributed by atoms with E-state index < -0.39 is 12.8 Å². The largest absolute Gasteiger partial charge is 0.467 e. The van der Waals surface area contributed by atoms with Crippen molar-refractivity contribution in [2.45, 2.75) is 20.0 Å². The molecule has 2 aromatic heterocycles. The van der Waals surface area contributed by atoms with Gasteiger partial charge in [-0.1, -0.05) is 0 Å². The van der Waals surface area contributed by atoms with Gasteiger partial charge in [0.1, 0.15) is 4.83 Å². The molecule has 0 saturated heterocycles. The van der Waals surface area contributed by atoms with Gasteiger partial charge in [-0.3, -0.25) is 0 Å². The molecule has 0 aliphatic rings. The van der Waals surface area contributed by atoms with E-state index in [1.807, 2.05) is 13.8 Å². The number of ether oxygens (including phenoxy) is 1. The molecule has 0 fully saturated rings. The molecule has 0 aliphatic carbocycles. The van der Waals surface area contributed by atoms with Gasteiger partial charge in [-0.2, -0.15) is 18.2 Å². The summed E-state index contributed by atoms with van der Waals surface area (Å²) in [6.45, 7) is 2.92. The molecule has 104 valence electrons. The zero-order valence-electron chi connectivity index (χ0n) is 10.3. The monoisotopic (exact) mass is 291 g/mol. The average Bonchev–Trinajstić information content (AvgIpc) is 2.65. The van der Waals surface area contributed by atoms with Gasteiger partial charge in [0.2, 0.25) is 11.8 Å². The fourth-order valence-electron chi connectivity index (χ4n) is 1.51. The summed E-state index contributed by atoms with van der Waals surface area (Å²) in [4.78, 5) is 9.75. The smallest absolute Gasteiger partial charge is 0.422 e. The van der Waals surface area contributed by atoms with E-state index in [0.29, 0.717) is 16.8 Å². The van der Waals surface area contributed by atoms with Crippen molar-refractivity contribution in [3.8, 4) is 5.88 Å². The second-order valence-electron chi connectivity index (χ2n) is 3.86. The standard InChI is InChI=1S/C11H12F3N3OS/c1-3-15-10-16-8(18-5-11(12,13)14)7-4-6(2)19-9(7)17-10/h4H,3,5H2,1-2H3,(H,15,16,17). The SMILES string of the molecule is CCNc1nc(OCC(F)(F)F)c2cc(C)sc2n1. The average molecular weight is 291 g/mol. The van der Waals surface area contributed by atoms with Gasteiger partial charge in [0.25, 0.3) is 0 Å². The van der Waals surface area contributed by atoms with E-state index in [-0.39, 0.29) is 11.8 Å². The van der Waals surface area contributed by atoms with Gasteiger partial charge >= 0.3 is 6.18 Å². The van der Waals surface area contributed by atoms with Crippen molar-refractivity contribution in [1.82, 2.24) is 9.97 Å². The van der Waals surface area contributed by atoms with E-state index in [4.69, 9.17) is 4.74 Å². The summed E-state index contributed by atoms with van der Waals surface area (Å²) in [5.41, 5.74) is 0. The minimum Gasteiger partial charge on any atom is -0.467 e. The molecule has 2 aromatic rings. The van der Waals surface area contributed by atoms with Crippen LogP contribution in [0, 0.1) is 6.92 Å². The Hall–Kier alpha value is -1.57. The van der Waals surface area contributed by atoms with Crippen LogP contribution in [-0.4, -0.2) is 29.3 Å². The Morgan fingerprint density at radius 3 is 2.74 bits per heavy atom. The van der Waals surface area contributed by atoms with Gasteiger partial charge in [-0.05, 0) is 19.9 Å². The Balaban J connectivity index is 2.38. The van der Waals surface area contributed by atoms with Gasteiger partial charge in [-0.25, -0.2) is 4.98 Å². The predicted molar refractivity (Wildman–Crippen MR) is 67.9 cm³/mol. The molecule has 0 aromatic carbocycles. The van der Waals surface area contributed by atoms with Crippen molar-refractivity contribution in [3.63, 3.8) is 0 Å². The highest BCUT2D eigenvalue weighted by atomic mass is 32.1. The number of fused-ring (bicyclic) bond motifs is 1. The van der Waals surface area contributed by atoms with Gasteiger partial charge in [-0.15, -0.1) is 11.3 Å². The molecule has 0 atom stereocenters. The Bertz CT molecular complexity index is 582. The normalized spacial score (nSPS) is 11.8. The zero-order chi connectivity index (χ0) is 14.0. The van der Waals surface area contributed by atoms with Gasteiger partial charge in [0.15, 0.2) is 6.61 Å². The maximum Gasteiger partial charge on any atom is 0.422 e. The van der Waals surface area contributed by atoms with Crippen molar-refractivity contribution in [1.29, 1.82) is 0 Å². The molecule has 4 nitrogen and oxygen atoms in total. The number of alkyl halides is 3. The summed E-state index contributed by atoms with van der Waals surface area (Å²) in [5.74, 6) is 0.233. The second kappa shape index (κ2) is 5.20. The predicted octanol–water partition coefficient (Wildman–Crippen LogP) is 3.37. The van der Waals surface area contributed by atoms with Crippen LogP contribution in [0.3, 0.4) is 0 Å². The minimum absolute atomic E-state index is 0.0392. The lowest BCUT2D eigenvalue weighted by Crippen LogP contribution is -2.20. The maximum atomic E-state index is 12.2. The van der Waals surface area contributed by atoms with Crippen LogP contribution in [0.4, 0.5) is 19.1 Å². The topological polar surface area (TPSA) is 47.0 Å². The number of aryl methyl sites for hydroxylation is 1. The van der Waals surface area contributed by atoms with E-state index >= 15 is 0 Å². The minimum atomic E-state index is -4.39. The summed E-state index contributed by atoms with van der Waals surface area (Å²) in [6.07, 6.45) is -4.39. The molecule has 0 amide bonds. The number of aromatic nitrogens is 2. The number of rotatable bonds is 4. The first kappa shape index (κ1) is 13.9. The number of anilines is 1. The third-order valence-electron chi connectivity index (χ3n) is 2.19. The van der Waals surface area contributed by atoms with Crippen LogP contribution in [-0.2, 0) is 0 Å². The zero-order valence-corrected chi connectivity index (χ0v) is 11.2. The van der Waals surface area contributed by atoms with Crippen LogP contribution in [0.5, 0.6) is 5.88 Å². The van der Waals surface area contributed by atoms with Gasteiger partial charge in [0, 0.05) is 11.4 Å². The first-order valence-electron chi connectivity index (χ1n) is 5.60. The lowest BCUT2D eigenvalue weighted by atomic mass is 10.3. The Morgan fingerprint density at radius 2 is 2.11 bits per heavy atom. The molecule has 0 unspecified atom stereocenters. The van der Waals surface area contributed by atoms with E-state index in [2.05, 4.69) is 15.3 Å². The first-order chi connectivity index (χ1) is 8.89. The number of nitrogens with one attached hydrogen (secondary N) is 1. The molecule has 0 saturated carbocycles. The summed E-state index contributed by atoms with van der Waals surface area (Å²) in [6, 6.07) is 1.72. The third kappa shape index (κ3) is 3.46. The highest BCUT2D eigenvalue weighted by Crippen LogP contribution is 2.31. The summed E-state index contributed by atoms with van der Waals surface area (Å²) in [5, 5.41) is 3.38. The van der Waals surface area contributed by atoms with Crippen LogP contribution in [0.15, 0.2) is 6.07 Å². The fourth-order valence-corrected chi connectivity index (χ4v) is 2.38. The second-order valence-corrected chi connectivity index (χ2v) is 5.10. The molecule has 1 N–H and O–H groups in total. The highest BCUT2D eigenvalue weighted by Gasteiger charge is 2.29. The van der Waals surface area contributed by atoms with Crippen molar-refractivity contribution in [2.75, 3.05) is 18.5 Å². The van der Waals surface area contributed by atoms with Crippen molar-refractivity contribution in [3.05, 3.63) is 10.9 Å². The van der Waals surface area contributed by atoms with Crippen LogP contribution >= 0.6 is 11.3 Å². The lowest BCUT2D eigenvalue weighted by molar-refractivity contribution is -0.153. The molecule has 8 heteroatoms. The number of hydrogen-bond acceptors (Lipinski definition) is 5. The van der Waals surface area contributed by atoms with E-state index in [9.17, 15) is 13.2 Å². The van der Waals surface area contributed by atoms with E-state index in [1.165, 1.54) is 11.3 Å². The fraction of sp³-hybridized carbons (Fsp3) is 0.455. The summed E-state index contributed by atoms with van der Waals surface area (Å²) < 4.78 is 41.4.